The number of nitrogens with two attached hydrogens (primary N) is 1. The maximum Gasteiger partial charge on any atom is 0.127 e. The summed E-state index contributed by atoms with van der Waals surface area (Å²) in [6.07, 6.45) is 5.26. The summed E-state index contributed by atoms with van der Waals surface area (Å²) in [5.74, 6) is -0.449. The average molecular weight is 301 g/mol. The maximum atomic E-state index is 14.5. The number of hydrogen-bond acceptors (Lipinski definition) is 1. The Balaban J connectivity index is 2.04. The molecule has 0 saturated heterocycles. The minimum Gasteiger partial charge on any atom is -0.330 e. The molecular weight excluding hydrogens is 280 g/mol. The van der Waals surface area contributed by atoms with E-state index in [2.05, 4.69) is 0 Å². The first-order chi connectivity index (χ1) is 10.6. The molecule has 2 aromatic carbocycles. The first-order valence-corrected chi connectivity index (χ1v) is 7.91. The van der Waals surface area contributed by atoms with Crippen LogP contribution in [0, 0.1) is 11.6 Å². The third-order valence-corrected chi connectivity index (χ3v) is 4.92. The molecule has 0 aliphatic heterocycles. The molecule has 0 spiro atoms. The van der Waals surface area contributed by atoms with Gasteiger partial charge in [-0.25, -0.2) is 8.78 Å². The zero-order valence-electron chi connectivity index (χ0n) is 12.6. The maximum absolute atomic E-state index is 14.5. The highest BCUT2D eigenvalue weighted by Crippen LogP contribution is 2.41. The minimum atomic E-state index is -0.267. The van der Waals surface area contributed by atoms with Crippen LogP contribution in [0.1, 0.15) is 37.7 Å². The quantitative estimate of drug-likeness (QED) is 0.866. The summed E-state index contributed by atoms with van der Waals surface area (Å²) in [5, 5.41) is 0. The van der Waals surface area contributed by atoms with Gasteiger partial charge in [0.05, 0.1) is 0 Å². The third-order valence-electron chi connectivity index (χ3n) is 4.92. The molecule has 0 heterocycles. The van der Waals surface area contributed by atoms with E-state index in [1.54, 1.807) is 18.2 Å². The lowest BCUT2D eigenvalue weighted by Gasteiger charge is -2.37. The molecule has 22 heavy (non-hydrogen) atoms. The van der Waals surface area contributed by atoms with Gasteiger partial charge in [0.15, 0.2) is 0 Å². The Labute approximate surface area is 130 Å². The minimum absolute atomic E-state index is 0.182. The highest BCUT2D eigenvalue weighted by atomic mass is 19.1. The summed E-state index contributed by atoms with van der Waals surface area (Å²) in [6, 6.07) is 11.5. The third kappa shape index (κ3) is 2.78. The van der Waals surface area contributed by atoms with Gasteiger partial charge in [0.25, 0.3) is 0 Å². The first-order valence-electron chi connectivity index (χ1n) is 7.91. The molecule has 3 heteroatoms. The highest BCUT2D eigenvalue weighted by molar-refractivity contribution is 5.64. The van der Waals surface area contributed by atoms with Gasteiger partial charge in [-0.3, -0.25) is 0 Å². The van der Waals surface area contributed by atoms with E-state index in [0.717, 1.165) is 42.4 Å². The molecule has 0 radical (unpaired) electrons. The van der Waals surface area contributed by atoms with Crippen molar-refractivity contribution in [1.82, 2.24) is 0 Å². The summed E-state index contributed by atoms with van der Waals surface area (Å²) in [7, 11) is 0. The molecule has 2 N–H and O–H groups in total. The molecule has 116 valence electrons. The topological polar surface area (TPSA) is 26.0 Å². The smallest absolute Gasteiger partial charge is 0.127 e. The fourth-order valence-corrected chi connectivity index (χ4v) is 3.57. The van der Waals surface area contributed by atoms with Crippen molar-refractivity contribution in [3.05, 3.63) is 59.7 Å². The van der Waals surface area contributed by atoms with E-state index in [1.807, 2.05) is 6.07 Å². The molecule has 1 saturated carbocycles. The van der Waals surface area contributed by atoms with Crippen LogP contribution >= 0.6 is 0 Å². The van der Waals surface area contributed by atoms with E-state index in [0.29, 0.717) is 6.54 Å². The molecule has 0 atom stereocenters. The standard InChI is InChI=1S/C19H21F2N/c20-16-7-4-14(5-8-16)15-6-9-18(21)17(12-15)19(13-22)10-2-1-3-11-19/h4-9,12H,1-3,10-11,13,22H2. The van der Waals surface area contributed by atoms with Gasteiger partial charge >= 0.3 is 0 Å². The van der Waals surface area contributed by atoms with E-state index in [9.17, 15) is 8.78 Å². The van der Waals surface area contributed by atoms with Crippen LogP contribution in [0.15, 0.2) is 42.5 Å². The van der Waals surface area contributed by atoms with Crippen molar-refractivity contribution in [2.45, 2.75) is 37.5 Å². The number of halogens is 2. The normalized spacial score (nSPS) is 17.4. The fraction of sp³-hybridized carbons (Fsp3) is 0.368. The van der Waals surface area contributed by atoms with Gasteiger partial charge in [-0.05, 0) is 53.8 Å². The zero-order chi connectivity index (χ0) is 15.6. The molecule has 0 bridgehead atoms. The fourth-order valence-electron chi connectivity index (χ4n) is 3.57. The Morgan fingerprint density at radius 2 is 1.50 bits per heavy atom. The van der Waals surface area contributed by atoms with Gasteiger partial charge in [0.2, 0.25) is 0 Å². The van der Waals surface area contributed by atoms with Crippen molar-refractivity contribution < 1.29 is 8.78 Å². The average Bonchev–Trinajstić information content (AvgIpc) is 2.57. The van der Waals surface area contributed by atoms with Crippen molar-refractivity contribution >= 4 is 0 Å². The van der Waals surface area contributed by atoms with Crippen LogP contribution in [0.3, 0.4) is 0 Å². The van der Waals surface area contributed by atoms with E-state index in [-0.39, 0.29) is 17.0 Å². The Bertz CT molecular complexity index is 643. The van der Waals surface area contributed by atoms with E-state index in [1.165, 1.54) is 24.6 Å². The van der Waals surface area contributed by atoms with Gasteiger partial charge in [-0.1, -0.05) is 37.5 Å². The summed E-state index contributed by atoms with van der Waals surface area (Å²) in [4.78, 5) is 0. The van der Waals surface area contributed by atoms with Crippen molar-refractivity contribution in [3.63, 3.8) is 0 Å². The van der Waals surface area contributed by atoms with Crippen LogP contribution in [0.5, 0.6) is 0 Å². The Kier molecular flexibility index (Phi) is 4.25. The van der Waals surface area contributed by atoms with Crippen LogP contribution < -0.4 is 5.73 Å². The molecular formula is C19H21F2N. The molecule has 0 amide bonds. The zero-order valence-corrected chi connectivity index (χ0v) is 12.6. The summed E-state index contributed by atoms with van der Waals surface area (Å²) >= 11 is 0. The predicted molar refractivity (Wildman–Crippen MR) is 85.6 cm³/mol. The second kappa shape index (κ2) is 6.17. The molecule has 0 unspecified atom stereocenters. The van der Waals surface area contributed by atoms with Crippen LogP contribution in [0.25, 0.3) is 11.1 Å². The van der Waals surface area contributed by atoms with Crippen LogP contribution in [0.4, 0.5) is 8.78 Å². The van der Waals surface area contributed by atoms with Gasteiger partial charge in [-0.15, -0.1) is 0 Å². The van der Waals surface area contributed by atoms with Crippen molar-refractivity contribution in [1.29, 1.82) is 0 Å². The summed E-state index contributed by atoms with van der Waals surface area (Å²) < 4.78 is 27.5. The summed E-state index contributed by atoms with van der Waals surface area (Å²) in [5.41, 5.74) is 8.30. The number of benzene rings is 2. The van der Waals surface area contributed by atoms with E-state index in [4.69, 9.17) is 5.73 Å². The van der Waals surface area contributed by atoms with Gasteiger partial charge < -0.3 is 5.73 Å². The molecule has 1 fully saturated rings. The number of hydrogen-bond donors (Lipinski definition) is 1. The highest BCUT2D eigenvalue weighted by Gasteiger charge is 2.34. The molecule has 1 aliphatic rings. The number of rotatable bonds is 3. The first kappa shape index (κ1) is 15.2. The molecule has 3 rings (SSSR count). The largest absolute Gasteiger partial charge is 0.330 e. The van der Waals surface area contributed by atoms with Gasteiger partial charge in [-0.2, -0.15) is 0 Å². The van der Waals surface area contributed by atoms with Gasteiger partial charge in [0, 0.05) is 12.0 Å². The molecule has 2 aromatic rings. The Morgan fingerprint density at radius 1 is 0.864 bits per heavy atom. The van der Waals surface area contributed by atoms with Crippen molar-refractivity contribution in [2.75, 3.05) is 6.54 Å². The second-order valence-corrected chi connectivity index (χ2v) is 6.25. The Morgan fingerprint density at radius 3 is 2.14 bits per heavy atom. The van der Waals surface area contributed by atoms with E-state index < -0.39 is 0 Å². The second-order valence-electron chi connectivity index (χ2n) is 6.25. The monoisotopic (exact) mass is 301 g/mol. The molecule has 1 aliphatic carbocycles. The lowest BCUT2D eigenvalue weighted by atomic mass is 9.69. The van der Waals surface area contributed by atoms with Gasteiger partial charge in [0.1, 0.15) is 11.6 Å². The predicted octanol–water partition coefficient (Wildman–Crippen LogP) is 4.79. The van der Waals surface area contributed by atoms with E-state index >= 15 is 0 Å². The summed E-state index contributed by atoms with van der Waals surface area (Å²) in [6.45, 7) is 0.469. The Hall–Kier alpha value is -1.74. The van der Waals surface area contributed by atoms with Crippen molar-refractivity contribution in [2.24, 2.45) is 5.73 Å². The lowest BCUT2D eigenvalue weighted by Crippen LogP contribution is -2.38. The molecule has 0 aromatic heterocycles. The van der Waals surface area contributed by atoms with Crippen LogP contribution in [0.2, 0.25) is 0 Å². The van der Waals surface area contributed by atoms with Crippen LogP contribution in [-0.2, 0) is 5.41 Å². The SMILES string of the molecule is NCC1(c2cc(-c3ccc(F)cc3)ccc2F)CCCCC1. The molecule has 1 nitrogen and oxygen atoms in total. The lowest BCUT2D eigenvalue weighted by molar-refractivity contribution is 0.292. The van der Waals surface area contributed by atoms with Crippen molar-refractivity contribution in [3.8, 4) is 11.1 Å². The van der Waals surface area contributed by atoms with Crippen LogP contribution in [-0.4, -0.2) is 6.54 Å².